The molecule has 1 N–H and O–H groups in total. The molecule has 6 nitrogen and oxygen atoms in total. The molecule has 1 aromatic rings. The molecule has 0 unspecified atom stereocenters. The quantitative estimate of drug-likeness (QED) is 0.586. The number of carbonyl (C=O) groups is 3. The van der Waals surface area contributed by atoms with E-state index in [4.69, 9.17) is 9.15 Å². The Morgan fingerprint density at radius 3 is 2.80 bits per heavy atom. The molecular formula is C27H31FO6S. The summed E-state index contributed by atoms with van der Waals surface area (Å²) in [5.41, 5.74) is -1.89. The number of fused-ring (bicyclic) bond motifs is 5. The number of aliphatic hydroxyl groups is 1. The van der Waals surface area contributed by atoms with Crippen molar-refractivity contribution in [2.24, 2.45) is 34.5 Å². The molecule has 188 valence electrons. The number of rotatable bonds is 4. The lowest BCUT2D eigenvalue weighted by Crippen LogP contribution is -2.63. The van der Waals surface area contributed by atoms with Gasteiger partial charge in [0.05, 0.1) is 12.4 Å². The number of halogens is 1. The number of furan rings is 1. The van der Waals surface area contributed by atoms with Gasteiger partial charge in [-0.15, -0.1) is 0 Å². The van der Waals surface area contributed by atoms with Crippen LogP contribution in [0.3, 0.4) is 0 Å². The standard InChI is InChI=1S/C27H31FO6S/c1-15-11-19-18-7-6-16-12-17(29)8-9-25(16,2)22(18)20(30)13-26(19,3)27(15,24(32)35-14-28)34-23(31)21-5-4-10-33-21/h4-5,8-10,12,15,18-20,22,30H,6-7,11,13-14H2,1-3H3/t15-,18+,19+,20+,22-,25+,26+,27+/m1/s1. The monoisotopic (exact) mass is 502 g/mol. The van der Waals surface area contributed by atoms with Gasteiger partial charge in [-0.2, -0.15) is 0 Å². The maximum Gasteiger partial charge on any atom is 0.375 e. The smallest absolute Gasteiger partial charge is 0.375 e. The molecule has 0 aliphatic heterocycles. The highest BCUT2D eigenvalue weighted by atomic mass is 32.2. The molecule has 0 saturated heterocycles. The van der Waals surface area contributed by atoms with E-state index in [1.165, 1.54) is 12.3 Å². The molecule has 0 bridgehead atoms. The Morgan fingerprint density at radius 1 is 1.34 bits per heavy atom. The Hall–Kier alpha value is -2.19. The van der Waals surface area contributed by atoms with Crippen molar-refractivity contribution in [1.29, 1.82) is 0 Å². The number of aliphatic hydroxyl groups excluding tert-OH is 1. The van der Waals surface area contributed by atoms with Crippen LogP contribution in [-0.2, 0) is 14.3 Å². The summed E-state index contributed by atoms with van der Waals surface area (Å²) < 4.78 is 24.7. The van der Waals surface area contributed by atoms with E-state index in [1.54, 1.807) is 18.2 Å². The molecule has 4 aliphatic carbocycles. The summed E-state index contributed by atoms with van der Waals surface area (Å²) in [7, 11) is 0. The van der Waals surface area contributed by atoms with Crippen LogP contribution < -0.4 is 0 Å². The second-order valence-corrected chi connectivity index (χ2v) is 11.9. The first-order chi connectivity index (χ1) is 16.6. The largest absolute Gasteiger partial charge is 0.457 e. The lowest BCUT2D eigenvalue weighted by molar-refractivity contribution is -0.176. The number of hydrogen-bond acceptors (Lipinski definition) is 7. The second kappa shape index (κ2) is 8.44. The summed E-state index contributed by atoms with van der Waals surface area (Å²) >= 11 is 0.520. The third-order valence-corrected chi connectivity index (χ3v) is 10.2. The minimum atomic E-state index is -1.60. The predicted octanol–water partition coefficient (Wildman–Crippen LogP) is 4.89. The van der Waals surface area contributed by atoms with Crippen LogP contribution in [0, 0.1) is 34.5 Å². The van der Waals surface area contributed by atoms with Crippen LogP contribution in [0.25, 0.3) is 0 Å². The number of alkyl halides is 1. The van der Waals surface area contributed by atoms with E-state index in [0.29, 0.717) is 18.2 Å². The van der Waals surface area contributed by atoms with Gasteiger partial charge in [-0.25, -0.2) is 9.18 Å². The molecular weight excluding hydrogens is 471 g/mol. The summed E-state index contributed by atoms with van der Waals surface area (Å²) in [6.45, 7) is 5.88. The fourth-order valence-corrected chi connectivity index (χ4v) is 8.87. The molecule has 8 heteroatoms. The van der Waals surface area contributed by atoms with Crippen molar-refractivity contribution in [2.75, 3.05) is 6.01 Å². The van der Waals surface area contributed by atoms with Gasteiger partial charge in [0, 0.05) is 22.7 Å². The lowest BCUT2D eigenvalue weighted by Gasteiger charge is -2.59. The van der Waals surface area contributed by atoms with Gasteiger partial charge < -0.3 is 14.3 Å². The number of hydrogen-bond donors (Lipinski definition) is 1. The third kappa shape index (κ3) is 3.35. The van der Waals surface area contributed by atoms with Gasteiger partial charge in [0.1, 0.15) is 6.01 Å². The first kappa shape index (κ1) is 24.5. The molecule has 0 aromatic carbocycles. The Bertz CT molecular complexity index is 1110. The summed E-state index contributed by atoms with van der Waals surface area (Å²) in [4.78, 5) is 38.7. The van der Waals surface area contributed by atoms with E-state index in [1.807, 2.05) is 19.9 Å². The predicted molar refractivity (Wildman–Crippen MR) is 128 cm³/mol. The van der Waals surface area contributed by atoms with Gasteiger partial charge in [-0.3, -0.25) is 9.59 Å². The minimum absolute atomic E-state index is 0.0205. The van der Waals surface area contributed by atoms with Gasteiger partial charge in [0.25, 0.3) is 0 Å². The van der Waals surface area contributed by atoms with E-state index in [0.717, 1.165) is 18.4 Å². The zero-order valence-corrected chi connectivity index (χ0v) is 21.0. The molecule has 1 aromatic heterocycles. The Labute approximate surface area is 208 Å². The van der Waals surface area contributed by atoms with Crippen LogP contribution in [0.5, 0.6) is 0 Å². The first-order valence-electron chi connectivity index (χ1n) is 12.2. The van der Waals surface area contributed by atoms with Gasteiger partial charge in [0.15, 0.2) is 11.4 Å². The number of esters is 1. The van der Waals surface area contributed by atoms with E-state index in [9.17, 15) is 23.9 Å². The van der Waals surface area contributed by atoms with Gasteiger partial charge in [-0.05, 0) is 73.6 Å². The second-order valence-electron chi connectivity index (χ2n) is 11.0. The molecule has 1 heterocycles. The van der Waals surface area contributed by atoms with Crippen molar-refractivity contribution in [3.63, 3.8) is 0 Å². The molecule has 3 fully saturated rings. The van der Waals surface area contributed by atoms with Crippen LogP contribution in [0.15, 0.2) is 46.6 Å². The fourth-order valence-electron chi connectivity index (χ4n) is 8.09. The van der Waals surface area contributed by atoms with Crippen LogP contribution in [0.2, 0.25) is 0 Å². The van der Waals surface area contributed by atoms with E-state index >= 15 is 0 Å². The number of ether oxygens (including phenoxy) is 1. The van der Waals surface area contributed by atoms with E-state index in [2.05, 4.69) is 6.92 Å². The zero-order chi connectivity index (χ0) is 25.2. The summed E-state index contributed by atoms with van der Waals surface area (Å²) in [6.07, 6.45) is 8.13. The molecule has 3 saturated carbocycles. The van der Waals surface area contributed by atoms with E-state index in [-0.39, 0.29) is 41.6 Å². The van der Waals surface area contributed by atoms with Crippen molar-refractivity contribution < 1.29 is 33.0 Å². The summed E-state index contributed by atoms with van der Waals surface area (Å²) in [6, 6.07) is 2.11. The zero-order valence-electron chi connectivity index (χ0n) is 20.2. The third-order valence-electron chi connectivity index (χ3n) is 9.50. The summed E-state index contributed by atoms with van der Waals surface area (Å²) in [5.74, 6) is -1.28. The molecule has 35 heavy (non-hydrogen) atoms. The van der Waals surface area contributed by atoms with Crippen molar-refractivity contribution in [3.8, 4) is 0 Å². The molecule has 0 amide bonds. The average molecular weight is 503 g/mol. The topological polar surface area (TPSA) is 93.8 Å². The van der Waals surface area contributed by atoms with Crippen molar-refractivity contribution in [3.05, 3.63) is 48.0 Å². The van der Waals surface area contributed by atoms with E-state index < -0.39 is 39.6 Å². The van der Waals surface area contributed by atoms with Crippen LogP contribution >= 0.6 is 11.8 Å². The Kier molecular flexibility index (Phi) is 5.91. The average Bonchev–Trinajstić information content (AvgIpc) is 3.41. The summed E-state index contributed by atoms with van der Waals surface area (Å²) in [5, 5.41) is 11.1. The maximum absolute atomic E-state index is 13.6. The number of thioether (sulfide) groups is 1. The minimum Gasteiger partial charge on any atom is -0.457 e. The van der Waals surface area contributed by atoms with Crippen molar-refractivity contribution in [2.45, 2.75) is 58.2 Å². The van der Waals surface area contributed by atoms with Crippen LogP contribution in [0.1, 0.15) is 57.0 Å². The fraction of sp³-hybridized carbons (Fsp3) is 0.593. The molecule has 0 spiro atoms. The highest BCUT2D eigenvalue weighted by molar-refractivity contribution is 8.13. The maximum atomic E-state index is 13.6. The van der Waals surface area contributed by atoms with Gasteiger partial charge in [0.2, 0.25) is 10.9 Å². The number of allylic oxidation sites excluding steroid dienone is 4. The highest BCUT2D eigenvalue weighted by Crippen LogP contribution is 2.69. The Morgan fingerprint density at radius 2 is 2.11 bits per heavy atom. The first-order valence-corrected chi connectivity index (χ1v) is 13.2. The molecule has 0 radical (unpaired) electrons. The number of carbonyl (C=O) groups excluding carboxylic acids is 3. The SMILES string of the molecule is C[C@@H]1C[C@H]2[C@@H]3CCC4=CC(=O)C=C[C@]4(C)[C@H]3[C@@H](O)C[C@]2(C)[C@@]1(OC(=O)c1ccco1)C(=O)SCF. The van der Waals surface area contributed by atoms with Crippen molar-refractivity contribution in [1.82, 2.24) is 0 Å². The highest BCUT2D eigenvalue weighted by Gasteiger charge is 2.73. The van der Waals surface area contributed by atoms with Crippen molar-refractivity contribution >= 4 is 28.6 Å². The van der Waals surface area contributed by atoms with Crippen LogP contribution in [0.4, 0.5) is 4.39 Å². The normalized spacial score (nSPS) is 42.0. The molecule has 4 aliphatic rings. The lowest BCUT2D eigenvalue weighted by atomic mass is 9.46. The van der Waals surface area contributed by atoms with Gasteiger partial charge >= 0.3 is 5.97 Å². The molecule has 5 rings (SSSR count). The number of ketones is 1. The molecule has 8 atom stereocenters. The van der Waals surface area contributed by atoms with Gasteiger partial charge in [-0.1, -0.05) is 32.4 Å². The van der Waals surface area contributed by atoms with Crippen LogP contribution in [-0.4, -0.2) is 39.7 Å². The Balaban J connectivity index is 1.58.